The molecular formula is C15H22IN5O2S. The number of aromatic nitrogens is 1. The number of hydrogen-bond donors (Lipinski definition) is 3. The zero-order chi connectivity index (χ0) is 16.8. The highest BCUT2D eigenvalue weighted by Gasteiger charge is 2.09. The van der Waals surface area contributed by atoms with E-state index in [9.17, 15) is 4.79 Å². The summed E-state index contributed by atoms with van der Waals surface area (Å²) in [6.07, 6.45) is 0. The molecule has 132 valence electrons. The molecule has 2 heterocycles. The number of amides is 1. The van der Waals surface area contributed by atoms with Crippen molar-refractivity contribution in [3.05, 3.63) is 39.7 Å². The Morgan fingerprint density at radius 3 is 2.62 bits per heavy atom. The standard InChI is InChI=1S/C15H21N5O2S.HI/c1-9(2)11-8-23-13(20-11)7-19-15(17-3)18-6-10-4-5-12(22-10)14(16)21;/h4-5,8-9H,6-7H2,1-3H3,(H2,16,21)(H2,17,18,19);1H. The molecule has 0 aliphatic carbocycles. The first kappa shape index (κ1) is 20.4. The van der Waals surface area contributed by atoms with Gasteiger partial charge in [-0.3, -0.25) is 9.79 Å². The lowest BCUT2D eigenvalue weighted by Crippen LogP contribution is -2.36. The number of primary amides is 1. The van der Waals surface area contributed by atoms with Gasteiger partial charge in [0, 0.05) is 12.4 Å². The maximum Gasteiger partial charge on any atom is 0.284 e. The first-order valence-electron chi connectivity index (χ1n) is 7.27. The van der Waals surface area contributed by atoms with Crippen LogP contribution in [0.15, 0.2) is 26.9 Å². The Kier molecular flexibility index (Phi) is 8.19. The van der Waals surface area contributed by atoms with Crippen LogP contribution in [0.2, 0.25) is 0 Å². The number of rotatable bonds is 6. The van der Waals surface area contributed by atoms with Crippen molar-refractivity contribution in [3.63, 3.8) is 0 Å². The van der Waals surface area contributed by atoms with E-state index in [1.165, 1.54) is 0 Å². The van der Waals surface area contributed by atoms with Crippen molar-refractivity contribution in [2.45, 2.75) is 32.9 Å². The second-order valence-electron chi connectivity index (χ2n) is 5.23. The van der Waals surface area contributed by atoms with Gasteiger partial charge in [0.15, 0.2) is 11.7 Å². The summed E-state index contributed by atoms with van der Waals surface area (Å²) in [7, 11) is 1.69. The highest BCUT2D eigenvalue weighted by atomic mass is 127. The molecule has 0 radical (unpaired) electrons. The molecule has 2 aromatic heterocycles. The molecule has 24 heavy (non-hydrogen) atoms. The summed E-state index contributed by atoms with van der Waals surface area (Å²) in [6, 6.07) is 3.26. The van der Waals surface area contributed by atoms with Gasteiger partial charge in [-0.1, -0.05) is 13.8 Å². The number of hydrogen-bond acceptors (Lipinski definition) is 5. The number of carbonyl (C=O) groups excluding carboxylic acids is 1. The molecule has 0 fully saturated rings. The van der Waals surface area contributed by atoms with E-state index in [1.807, 2.05) is 0 Å². The highest BCUT2D eigenvalue weighted by molar-refractivity contribution is 14.0. The molecule has 0 aliphatic heterocycles. The summed E-state index contributed by atoms with van der Waals surface area (Å²) in [4.78, 5) is 19.7. The summed E-state index contributed by atoms with van der Waals surface area (Å²) >= 11 is 1.63. The van der Waals surface area contributed by atoms with Gasteiger partial charge >= 0.3 is 0 Å². The summed E-state index contributed by atoms with van der Waals surface area (Å²) in [6.45, 7) is 5.25. The lowest BCUT2D eigenvalue weighted by Gasteiger charge is -2.09. The van der Waals surface area contributed by atoms with Crippen LogP contribution in [0.5, 0.6) is 0 Å². The minimum atomic E-state index is -0.580. The van der Waals surface area contributed by atoms with Gasteiger partial charge in [-0.25, -0.2) is 4.98 Å². The van der Waals surface area contributed by atoms with Crippen molar-refractivity contribution in [2.24, 2.45) is 10.7 Å². The van der Waals surface area contributed by atoms with E-state index in [-0.39, 0.29) is 29.7 Å². The Morgan fingerprint density at radius 2 is 2.08 bits per heavy atom. The number of nitrogens with one attached hydrogen (secondary N) is 2. The molecule has 2 aromatic rings. The number of guanidine groups is 1. The van der Waals surface area contributed by atoms with E-state index >= 15 is 0 Å². The summed E-state index contributed by atoms with van der Waals surface area (Å²) in [5.74, 6) is 1.23. The third-order valence-corrected chi connectivity index (χ3v) is 3.99. The third kappa shape index (κ3) is 5.78. The molecular weight excluding hydrogens is 441 g/mol. The van der Waals surface area contributed by atoms with Crippen LogP contribution >= 0.6 is 35.3 Å². The summed E-state index contributed by atoms with van der Waals surface area (Å²) in [5.41, 5.74) is 6.25. The largest absolute Gasteiger partial charge is 0.454 e. The lowest BCUT2D eigenvalue weighted by molar-refractivity contribution is 0.0972. The van der Waals surface area contributed by atoms with Crippen molar-refractivity contribution < 1.29 is 9.21 Å². The fourth-order valence-corrected chi connectivity index (χ4v) is 2.72. The maximum atomic E-state index is 11.0. The van der Waals surface area contributed by atoms with Gasteiger partial charge in [0.25, 0.3) is 5.91 Å². The van der Waals surface area contributed by atoms with Crippen LogP contribution in [-0.4, -0.2) is 23.9 Å². The highest BCUT2D eigenvalue weighted by Crippen LogP contribution is 2.17. The average molecular weight is 463 g/mol. The summed E-state index contributed by atoms with van der Waals surface area (Å²) in [5, 5.41) is 9.38. The van der Waals surface area contributed by atoms with Gasteiger partial charge in [0.05, 0.1) is 18.8 Å². The van der Waals surface area contributed by atoms with E-state index in [2.05, 4.69) is 39.8 Å². The number of nitrogens with two attached hydrogens (primary N) is 1. The van der Waals surface area contributed by atoms with Crippen molar-refractivity contribution in [3.8, 4) is 0 Å². The topological polar surface area (TPSA) is 106 Å². The van der Waals surface area contributed by atoms with Crippen LogP contribution in [0.4, 0.5) is 0 Å². The minimum Gasteiger partial charge on any atom is -0.454 e. The van der Waals surface area contributed by atoms with Crippen molar-refractivity contribution in [1.29, 1.82) is 0 Å². The molecule has 0 bridgehead atoms. The molecule has 7 nitrogen and oxygen atoms in total. The second-order valence-corrected chi connectivity index (χ2v) is 6.17. The lowest BCUT2D eigenvalue weighted by atomic mass is 10.2. The van der Waals surface area contributed by atoms with E-state index in [1.54, 1.807) is 30.5 Å². The van der Waals surface area contributed by atoms with Crippen LogP contribution in [-0.2, 0) is 13.1 Å². The fraction of sp³-hybridized carbons (Fsp3) is 0.400. The van der Waals surface area contributed by atoms with E-state index in [4.69, 9.17) is 10.2 Å². The van der Waals surface area contributed by atoms with E-state index in [0.717, 1.165) is 10.7 Å². The molecule has 1 amide bonds. The van der Waals surface area contributed by atoms with Crippen molar-refractivity contribution in [1.82, 2.24) is 15.6 Å². The second kappa shape index (κ2) is 9.62. The number of halogens is 1. The van der Waals surface area contributed by atoms with Crippen molar-refractivity contribution in [2.75, 3.05) is 7.05 Å². The first-order valence-corrected chi connectivity index (χ1v) is 8.15. The zero-order valence-electron chi connectivity index (χ0n) is 13.8. The Bertz CT molecular complexity index is 696. The fourth-order valence-electron chi connectivity index (χ4n) is 1.83. The first-order chi connectivity index (χ1) is 11.0. The van der Waals surface area contributed by atoms with Gasteiger partial charge in [0.2, 0.25) is 0 Å². The van der Waals surface area contributed by atoms with Crippen LogP contribution in [0.25, 0.3) is 0 Å². The summed E-state index contributed by atoms with van der Waals surface area (Å²) < 4.78 is 5.30. The molecule has 0 aromatic carbocycles. The normalized spacial score (nSPS) is 11.2. The van der Waals surface area contributed by atoms with E-state index in [0.29, 0.717) is 30.7 Å². The van der Waals surface area contributed by atoms with Gasteiger partial charge in [-0.2, -0.15) is 0 Å². The van der Waals surface area contributed by atoms with Crippen LogP contribution in [0.1, 0.15) is 46.8 Å². The Hall–Kier alpha value is -1.62. The van der Waals surface area contributed by atoms with Gasteiger partial charge in [-0.05, 0) is 18.1 Å². The Balaban J connectivity index is 0.00000288. The number of nitrogens with zero attached hydrogens (tertiary/aromatic N) is 2. The number of aliphatic imine (C=N–C) groups is 1. The number of furan rings is 1. The maximum absolute atomic E-state index is 11.0. The molecule has 4 N–H and O–H groups in total. The smallest absolute Gasteiger partial charge is 0.284 e. The van der Waals surface area contributed by atoms with Gasteiger partial charge in [-0.15, -0.1) is 35.3 Å². The predicted octanol–water partition coefficient (Wildman–Crippen LogP) is 2.44. The number of carbonyl (C=O) groups is 1. The van der Waals surface area contributed by atoms with Gasteiger partial charge < -0.3 is 20.8 Å². The van der Waals surface area contributed by atoms with Gasteiger partial charge in [0.1, 0.15) is 10.8 Å². The molecule has 2 rings (SSSR count). The minimum absolute atomic E-state index is 0. The Morgan fingerprint density at radius 1 is 1.38 bits per heavy atom. The quantitative estimate of drug-likeness (QED) is 0.347. The predicted molar refractivity (Wildman–Crippen MR) is 106 cm³/mol. The monoisotopic (exact) mass is 463 g/mol. The molecule has 0 atom stereocenters. The Labute approximate surface area is 162 Å². The van der Waals surface area contributed by atoms with E-state index < -0.39 is 5.91 Å². The van der Waals surface area contributed by atoms with Crippen LogP contribution in [0, 0.1) is 0 Å². The molecule has 0 aliphatic rings. The molecule has 0 spiro atoms. The van der Waals surface area contributed by atoms with Crippen LogP contribution < -0.4 is 16.4 Å². The SMILES string of the molecule is CN=C(NCc1ccc(C(N)=O)o1)NCc1nc(C(C)C)cs1.I. The molecule has 0 unspecified atom stereocenters. The van der Waals surface area contributed by atoms with Crippen molar-refractivity contribution >= 4 is 47.2 Å². The molecule has 9 heteroatoms. The third-order valence-electron chi connectivity index (χ3n) is 3.13. The average Bonchev–Trinajstić information content (AvgIpc) is 3.16. The van der Waals surface area contributed by atoms with Crippen LogP contribution in [0.3, 0.4) is 0 Å². The molecule has 0 saturated heterocycles. The zero-order valence-corrected chi connectivity index (χ0v) is 17.0. The molecule has 0 saturated carbocycles. The number of thiazole rings is 1.